The van der Waals surface area contributed by atoms with Crippen LogP contribution >= 0.6 is 0 Å². The molecule has 1 unspecified atom stereocenters. The summed E-state index contributed by atoms with van der Waals surface area (Å²) in [5.74, 6) is -1.39. The van der Waals surface area contributed by atoms with E-state index in [2.05, 4.69) is 0 Å². The van der Waals surface area contributed by atoms with Gasteiger partial charge in [-0.3, -0.25) is 9.59 Å². The Hall–Kier alpha value is -3.47. The summed E-state index contributed by atoms with van der Waals surface area (Å²) in [7, 11) is 1.30. The average Bonchev–Trinajstić information content (AvgIpc) is 2.78. The molecule has 0 saturated carbocycles. The van der Waals surface area contributed by atoms with E-state index in [4.69, 9.17) is 9.47 Å². The Morgan fingerprint density at radius 3 is 2.45 bits per heavy atom. The van der Waals surface area contributed by atoms with Crippen LogP contribution in [0, 0.1) is 5.82 Å². The van der Waals surface area contributed by atoms with E-state index in [1.165, 1.54) is 18.7 Å². The largest absolute Gasteiger partial charge is 0.469 e. The van der Waals surface area contributed by atoms with Gasteiger partial charge >= 0.3 is 11.9 Å². The maximum absolute atomic E-state index is 14.7. The van der Waals surface area contributed by atoms with Crippen LogP contribution in [0.4, 0.5) is 4.39 Å². The van der Waals surface area contributed by atoms with Crippen LogP contribution in [0.2, 0.25) is 0 Å². The maximum Gasteiger partial charge on any atom is 0.312 e. The van der Waals surface area contributed by atoms with Crippen LogP contribution in [0.15, 0.2) is 72.8 Å². The highest BCUT2D eigenvalue weighted by Crippen LogP contribution is 2.29. The highest BCUT2D eigenvalue weighted by Gasteiger charge is 2.18. The standard InChI is InChI=1S/C26H25FO4/c1-18(26(29)30-2)20-14-15-23(24(27)17-20)21-11-7-12-22(16-21)31-25(28)13-6-10-19-8-4-3-5-9-19/h3-5,7-9,11-12,14-18H,6,10,13H2,1-2H3. The summed E-state index contributed by atoms with van der Waals surface area (Å²) < 4.78 is 24.9. The van der Waals surface area contributed by atoms with Gasteiger partial charge in [0.05, 0.1) is 13.0 Å². The summed E-state index contributed by atoms with van der Waals surface area (Å²) in [4.78, 5) is 23.9. The highest BCUT2D eigenvalue weighted by atomic mass is 19.1. The zero-order valence-corrected chi connectivity index (χ0v) is 17.6. The van der Waals surface area contributed by atoms with Gasteiger partial charge in [0.2, 0.25) is 0 Å². The monoisotopic (exact) mass is 420 g/mol. The molecule has 5 heteroatoms. The second-order valence-electron chi connectivity index (χ2n) is 7.33. The molecule has 0 fully saturated rings. The molecule has 0 aliphatic heterocycles. The van der Waals surface area contributed by atoms with E-state index in [1.54, 1.807) is 43.3 Å². The van der Waals surface area contributed by atoms with Crippen molar-refractivity contribution in [2.45, 2.75) is 32.1 Å². The SMILES string of the molecule is COC(=O)C(C)c1ccc(-c2cccc(OC(=O)CCCc3ccccc3)c2)c(F)c1. The molecule has 0 saturated heterocycles. The van der Waals surface area contributed by atoms with Crippen molar-refractivity contribution in [1.82, 2.24) is 0 Å². The number of methoxy groups -OCH3 is 1. The summed E-state index contributed by atoms with van der Waals surface area (Å²) in [6.07, 6.45) is 1.79. The number of halogens is 1. The normalized spacial score (nSPS) is 11.6. The van der Waals surface area contributed by atoms with Gasteiger partial charge in [0.25, 0.3) is 0 Å². The van der Waals surface area contributed by atoms with Gasteiger partial charge in [-0.25, -0.2) is 4.39 Å². The van der Waals surface area contributed by atoms with Crippen molar-refractivity contribution in [3.8, 4) is 16.9 Å². The van der Waals surface area contributed by atoms with Crippen LogP contribution in [0.1, 0.15) is 36.8 Å². The summed E-state index contributed by atoms with van der Waals surface area (Å²) in [6.45, 7) is 1.66. The van der Waals surface area contributed by atoms with Gasteiger partial charge < -0.3 is 9.47 Å². The lowest BCUT2D eigenvalue weighted by Gasteiger charge is -2.12. The number of hydrogen-bond donors (Lipinski definition) is 0. The number of carbonyl (C=O) groups excluding carboxylic acids is 2. The van der Waals surface area contributed by atoms with Crippen LogP contribution in [-0.4, -0.2) is 19.0 Å². The van der Waals surface area contributed by atoms with Crippen molar-refractivity contribution >= 4 is 11.9 Å². The molecule has 3 aromatic carbocycles. The summed E-state index contributed by atoms with van der Waals surface area (Å²) in [6, 6.07) is 21.4. The van der Waals surface area contributed by atoms with Gasteiger partial charge in [-0.1, -0.05) is 54.6 Å². The minimum absolute atomic E-state index is 0.299. The zero-order chi connectivity index (χ0) is 22.2. The van der Waals surface area contributed by atoms with E-state index in [0.717, 1.165) is 6.42 Å². The second kappa shape index (κ2) is 10.5. The van der Waals surface area contributed by atoms with Crippen molar-refractivity contribution < 1.29 is 23.5 Å². The highest BCUT2D eigenvalue weighted by molar-refractivity contribution is 5.78. The Kier molecular flexibility index (Phi) is 7.55. The number of carbonyl (C=O) groups is 2. The van der Waals surface area contributed by atoms with E-state index < -0.39 is 17.7 Å². The van der Waals surface area contributed by atoms with Crippen LogP contribution in [-0.2, 0) is 20.7 Å². The Balaban J connectivity index is 1.64. The van der Waals surface area contributed by atoms with E-state index in [9.17, 15) is 14.0 Å². The fourth-order valence-electron chi connectivity index (χ4n) is 3.34. The predicted molar refractivity (Wildman–Crippen MR) is 117 cm³/mol. The molecule has 0 bridgehead atoms. The molecule has 0 spiro atoms. The summed E-state index contributed by atoms with van der Waals surface area (Å²) in [5, 5.41) is 0. The lowest BCUT2D eigenvalue weighted by Crippen LogP contribution is -2.11. The summed E-state index contributed by atoms with van der Waals surface area (Å²) in [5.41, 5.74) is 2.67. The Morgan fingerprint density at radius 1 is 0.968 bits per heavy atom. The van der Waals surface area contributed by atoms with Gasteiger partial charge in [0.15, 0.2) is 0 Å². The van der Waals surface area contributed by atoms with E-state index >= 15 is 0 Å². The molecule has 3 rings (SSSR count). The van der Waals surface area contributed by atoms with E-state index in [0.29, 0.717) is 35.3 Å². The van der Waals surface area contributed by atoms with Gasteiger partial charge in [0, 0.05) is 12.0 Å². The molecule has 0 N–H and O–H groups in total. The van der Waals surface area contributed by atoms with Gasteiger partial charge in [-0.2, -0.15) is 0 Å². The van der Waals surface area contributed by atoms with Gasteiger partial charge in [-0.15, -0.1) is 0 Å². The Labute approximate surface area is 181 Å². The minimum atomic E-state index is -0.559. The van der Waals surface area contributed by atoms with Crippen LogP contribution in [0.3, 0.4) is 0 Å². The Bertz CT molecular complexity index is 1050. The van der Waals surface area contributed by atoms with Crippen LogP contribution < -0.4 is 4.74 Å². The van der Waals surface area contributed by atoms with Gasteiger partial charge in [-0.05, 0) is 54.7 Å². The molecular weight excluding hydrogens is 395 g/mol. The quantitative estimate of drug-likeness (QED) is 0.347. The van der Waals surface area contributed by atoms with Crippen LogP contribution in [0.25, 0.3) is 11.1 Å². The topological polar surface area (TPSA) is 52.6 Å². The average molecular weight is 420 g/mol. The van der Waals surface area contributed by atoms with Crippen molar-refractivity contribution in [3.63, 3.8) is 0 Å². The molecule has 0 heterocycles. The molecule has 1 atom stereocenters. The van der Waals surface area contributed by atoms with E-state index in [-0.39, 0.29) is 5.97 Å². The number of esters is 2. The summed E-state index contributed by atoms with van der Waals surface area (Å²) >= 11 is 0. The second-order valence-corrected chi connectivity index (χ2v) is 7.33. The lowest BCUT2D eigenvalue weighted by atomic mass is 9.97. The first-order valence-corrected chi connectivity index (χ1v) is 10.2. The molecular formula is C26H25FO4. The third-order valence-corrected chi connectivity index (χ3v) is 5.11. The number of benzene rings is 3. The molecule has 160 valence electrons. The third kappa shape index (κ3) is 6.01. The number of ether oxygens (including phenoxy) is 2. The van der Waals surface area contributed by atoms with Crippen molar-refractivity contribution in [2.75, 3.05) is 7.11 Å². The molecule has 31 heavy (non-hydrogen) atoms. The lowest BCUT2D eigenvalue weighted by molar-refractivity contribution is -0.142. The minimum Gasteiger partial charge on any atom is -0.469 e. The van der Waals surface area contributed by atoms with Crippen molar-refractivity contribution in [2.24, 2.45) is 0 Å². The number of rotatable bonds is 8. The van der Waals surface area contributed by atoms with Crippen LogP contribution in [0.5, 0.6) is 5.75 Å². The fourth-order valence-corrected chi connectivity index (χ4v) is 3.34. The molecule has 0 radical (unpaired) electrons. The van der Waals surface area contributed by atoms with Gasteiger partial charge in [0.1, 0.15) is 11.6 Å². The first kappa shape index (κ1) is 22.2. The molecule has 0 aliphatic rings. The predicted octanol–water partition coefficient (Wildman–Crippen LogP) is 5.70. The van der Waals surface area contributed by atoms with E-state index in [1.807, 2.05) is 30.3 Å². The molecule has 4 nitrogen and oxygen atoms in total. The number of hydrogen-bond acceptors (Lipinski definition) is 4. The third-order valence-electron chi connectivity index (χ3n) is 5.11. The van der Waals surface area contributed by atoms with Crippen molar-refractivity contribution in [3.05, 3.63) is 89.7 Å². The molecule has 0 aromatic heterocycles. The first-order valence-electron chi connectivity index (χ1n) is 10.2. The molecule has 0 amide bonds. The Morgan fingerprint density at radius 2 is 1.74 bits per heavy atom. The fraction of sp³-hybridized carbons (Fsp3) is 0.231. The maximum atomic E-state index is 14.7. The zero-order valence-electron chi connectivity index (χ0n) is 17.6. The molecule has 3 aromatic rings. The number of aryl methyl sites for hydroxylation is 1. The first-order chi connectivity index (χ1) is 15.0. The molecule has 0 aliphatic carbocycles. The van der Waals surface area contributed by atoms with Crippen molar-refractivity contribution in [1.29, 1.82) is 0 Å². The smallest absolute Gasteiger partial charge is 0.312 e.